The van der Waals surface area contributed by atoms with E-state index in [9.17, 15) is 4.79 Å². The summed E-state index contributed by atoms with van der Waals surface area (Å²) in [6, 6.07) is 3.86. The Morgan fingerprint density at radius 1 is 1.23 bits per heavy atom. The van der Waals surface area contributed by atoms with Crippen molar-refractivity contribution in [3.63, 3.8) is 0 Å². The van der Waals surface area contributed by atoms with Crippen LogP contribution in [-0.2, 0) is 4.79 Å². The van der Waals surface area contributed by atoms with Crippen LogP contribution in [0.5, 0.6) is 0 Å². The Bertz CT molecular complexity index is 824. The van der Waals surface area contributed by atoms with Crippen LogP contribution in [0.3, 0.4) is 0 Å². The Balaban J connectivity index is 0.00000121. The highest BCUT2D eigenvalue weighted by atomic mass is 35.5. The first-order chi connectivity index (χ1) is 11.8. The lowest BCUT2D eigenvalue weighted by Crippen LogP contribution is -2.39. The number of rotatable bonds is 3. The molecule has 0 aromatic carbocycles. The van der Waals surface area contributed by atoms with E-state index in [0.29, 0.717) is 17.6 Å². The zero-order chi connectivity index (χ0) is 16.4. The van der Waals surface area contributed by atoms with Gasteiger partial charge in [0.15, 0.2) is 0 Å². The van der Waals surface area contributed by atoms with Crippen LogP contribution in [-0.4, -0.2) is 28.4 Å². The van der Waals surface area contributed by atoms with Crippen molar-refractivity contribution >= 4 is 53.8 Å². The third-order valence-electron chi connectivity index (χ3n) is 4.76. The fourth-order valence-corrected chi connectivity index (χ4v) is 3.43. The lowest BCUT2D eigenvalue weighted by atomic mass is 9.89. The van der Waals surface area contributed by atoms with Crippen LogP contribution in [0.4, 0.5) is 0 Å². The number of halogens is 2. The molecule has 140 valence electrons. The number of guanidine groups is 1. The van der Waals surface area contributed by atoms with Crippen LogP contribution < -0.4 is 10.6 Å². The summed E-state index contributed by atoms with van der Waals surface area (Å²) in [5, 5.41) is 7.08. The number of hydrogen-bond acceptors (Lipinski definition) is 4. The van der Waals surface area contributed by atoms with Gasteiger partial charge in [-0.1, -0.05) is 19.3 Å². The highest BCUT2D eigenvalue weighted by molar-refractivity contribution is 6.14. The van der Waals surface area contributed by atoms with Gasteiger partial charge >= 0.3 is 0 Å². The molecule has 1 fully saturated rings. The molecule has 2 aromatic heterocycles. The molecular formula is C18H23Cl2N5O. The largest absolute Gasteiger partial charge is 0.355 e. The monoisotopic (exact) mass is 395 g/mol. The Kier molecular flexibility index (Phi) is 7.06. The summed E-state index contributed by atoms with van der Waals surface area (Å²) in [6.45, 7) is 0.878. The molecule has 0 radical (unpaired) electrons. The maximum atomic E-state index is 12.1. The molecule has 1 saturated carbocycles. The Morgan fingerprint density at radius 2 is 2.04 bits per heavy atom. The molecule has 4 rings (SSSR count). The fraction of sp³-hybridized carbons (Fsp3) is 0.389. The average molecular weight is 396 g/mol. The zero-order valence-electron chi connectivity index (χ0n) is 14.3. The van der Waals surface area contributed by atoms with Crippen molar-refractivity contribution in [3.8, 4) is 0 Å². The van der Waals surface area contributed by atoms with Crippen molar-refractivity contribution in [2.45, 2.75) is 32.1 Å². The summed E-state index contributed by atoms with van der Waals surface area (Å²) in [6.07, 6.45) is 11.9. The lowest BCUT2D eigenvalue weighted by molar-refractivity contribution is -0.115. The minimum atomic E-state index is -0.167. The first kappa shape index (κ1) is 20.3. The third kappa shape index (κ3) is 4.37. The Morgan fingerprint density at radius 3 is 2.85 bits per heavy atom. The number of aromatic amines is 1. The maximum absolute atomic E-state index is 12.1. The summed E-state index contributed by atoms with van der Waals surface area (Å²) in [4.78, 5) is 23.9. The molecule has 3 N–H and O–H groups in total. The number of hydrogen-bond donors (Lipinski definition) is 3. The van der Waals surface area contributed by atoms with E-state index < -0.39 is 0 Å². The summed E-state index contributed by atoms with van der Waals surface area (Å²) in [5.41, 5.74) is 2.15. The van der Waals surface area contributed by atoms with Gasteiger partial charge in [-0.3, -0.25) is 10.1 Å². The van der Waals surface area contributed by atoms with E-state index in [0.717, 1.165) is 23.1 Å². The topological polar surface area (TPSA) is 82.2 Å². The van der Waals surface area contributed by atoms with Crippen molar-refractivity contribution in [2.24, 2.45) is 10.9 Å². The van der Waals surface area contributed by atoms with Gasteiger partial charge in [0.25, 0.3) is 5.91 Å². The van der Waals surface area contributed by atoms with Gasteiger partial charge in [-0.25, -0.2) is 9.98 Å². The molecule has 0 bridgehead atoms. The number of fused-ring (bicyclic) bond motifs is 1. The molecule has 3 heterocycles. The van der Waals surface area contributed by atoms with E-state index in [1.54, 1.807) is 12.3 Å². The Hall–Kier alpha value is -2.05. The van der Waals surface area contributed by atoms with Gasteiger partial charge in [-0.05, 0) is 37.0 Å². The molecule has 0 unspecified atom stereocenters. The van der Waals surface area contributed by atoms with E-state index in [4.69, 9.17) is 0 Å². The van der Waals surface area contributed by atoms with Gasteiger partial charge in [-0.15, -0.1) is 24.8 Å². The first-order valence-electron chi connectivity index (χ1n) is 8.57. The zero-order valence-corrected chi connectivity index (χ0v) is 16.0. The second-order valence-corrected chi connectivity index (χ2v) is 6.47. The molecule has 0 atom stereocenters. The molecule has 1 amide bonds. The predicted molar refractivity (Wildman–Crippen MR) is 109 cm³/mol. The van der Waals surface area contributed by atoms with E-state index in [1.807, 2.05) is 18.3 Å². The van der Waals surface area contributed by atoms with Crippen molar-refractivity contribution in [1.29, 1.82) is 0 Å². The highest BCUT2D eigenvalue weighted by Gasteiger charge is 2.21. The van der Waals surface area contributed by atoms with Crippen molar-refractivity contribution in [3.05, 3.63) is 35.8 Å². The number of nitrogens with zero attached hydrogens (tertiary/aromatic N) is 2. The van der Waals surface area contributed by atoms with Crippen molar-refractivity contribution < 1.29 is 4.79 Å². The summed E-state index contributed by atoms with van der Waals surface area (Å²) in [5.74, 6) is 1.08. The van der Waals surface area contributed by atoms with Gasteiger partial charge in [0.2, 0.25) is 5.96 Å². The second-order valence-electron chi connectivity index (χ2n) is 6.47. The standard InChI is InChI=1S/C18H21N5O.2ClH/c24-17-15(9-13-11-20-16-14(13)7-4-8-19-16)22-18(23-17)21-10-12-5-2-1-3-6-12;;/h4,7-9,11-12H,1-3,5-6,10H2,(H,19,20)(H2,21,22,23,24);2*1H. The lowest BCUT2D eigenvalue weighted by Gasteiger charge is -2.21. The molecule has 8 heteroatoms. The summed E-state index contributed by atoms with van der Waals surface area (Å²) < 4.78 is 0. The SMILES string of the molecule is Cl.Cl.O=C1NC(NCC2CCCCC2)=NC1=Cc1c[nH]c2ncccc12. The second kappa shape index (κ2) is 9.05. The normalized spacial score (nSPS) is 18.8. The summed E-state index contributed by atoms with van der Waals surface area (Å²) >= 11 is 0. The van der Waals surface area contributed by atoms with Gasteiger partial charge in [0, 0.05) is 29.9 Å². The molecule has 1 aliphatic carbocycles. The molecule has 6 nitrogen and oxygen atoms in total. The number of carbonyl (C=O) groups excluding carboxylic acids is 1. The van der Waals surface area contributed by atoms with Gasteiger partial charge in [0.05, 0.1) is 0 Å². The van der Waals surface area contributed by atoms with Gasteiger partial charge in [-0.2, -0.15) is 0 Å². The molecule has 2 aromatic rings. The average Bonchev–Trinajstić information content (AvgIpc) is 3.18. The fourth-order valence-electron chi connectivity index (χ4n) is 3.43. The number of H-pyrrole nitrogens is 1. The molecule has 2 aliphatic rings. The van der Waals surface area contributed by atoms with Crippen LogP contribution in [0, 0.1) is 5.92 Å². The van der Waals surface area contributed by atoms with Crippen molar-refractivity contribution in [2.75, 3.05) is 6.54 Å². The minimum absolute atomic E-state index is 0. The van der Waals surface area contributed by atoms with E-state index >= 15 is 0 Å². The molecule has 0 saturated heterocycles. The van der Waals surface area contributed by atoms with Crippen LogP contribution in [0.25, 0.3) is 17.1 Å². The number of aliphatic imine (C=N–C) groups is 1. The number of nitrogens with one attached hydrogen (secondary N) is 3. The quantitative estimate of drug-likeness (QED) is 0.696. The number of amides is 1. The molecule has 0 spiro atoms. The number of aromatic nitrogens is 2. The third-order valence-corrected chi connectivity index (χ3v) is 4.76. The molecule has 26 heavy (non-hydrogen) atoms. The van der Waals surface area contributed by atoms with Gasteiger partial charge in [0.1, 0.15) is 11.3 Å². The van der Waals surface area contributed by atoms with Crippen LogP contribution >= 0.6 is 24.8 Å². The van der Waals surface area contributed by atoms with Crippen LogP contribution in [0.2, 0.25) is 0 Å². The predicted octanol–water partition coefficient (Wildman–Crippen LogP) is 3.40. The smallest absolute Gasteiger partial charge is 0.276 e. The van der Waals surface area contributed by atoms with E-state index in [-0.39, 0.29) is 30.7 Å². The van der Waals surface area contributed by atoms with Crippen molar-refractivity contribution in [1.82, 2.24) is 20.6 Å². The van der Waals surface area contributed by atoms with Crippen LogP contribution in [0.1, 0.15) is 37.7 Å². The molecule has 1 aliphatic heterocycles. The van der Waals surface area contributed by atoms with Gasteiger partial charge < -0.3 is 10.3 Å². The van der Waals surface area contributed by atoms with E-state index in [2.05, 4.69) is 25.6 Å². The molecular weight excluding hydrogens is 373 g/mol. The minimum Gasteiger partial charge on any atom is -0.355 e. The highest BCUT2D eigenvalue weighted by Crippen LogP contribution is 2.23. The van der Waals surface area contributed by atoms with E-state index in [1.165, 1.54) is 32.1 Å². The first-order valence-corrected chi connectivity index (χ1v) is 8.57. The van der Waals surface area contributed by atoms with Crippen LogP contribution in [0.15, 0.2) is 35.2 Å². The maximum Gasteiger partial charge on any atom is 0.276 e. The Labute approximate surface area is 164 Å². The summed E-state index contributed by atoms with van der Waals surface area (Å²) in [7, 11) is 0. The number of pyridine rings is 1. The number of carbonyl (C=O) groups is 1.